The molecule has 0 radical (unpaired) electrons. The van der Waals surface area contributed by atoms with Crippen molar-refractivity contribution in [3.63, 3.8) is 0 Å². The molecule has 21 heavy (non-hydrogen) atoms. The van der Waals surface area contributed by atoms with E-state index in [1.807, 2.05) is 0 Å². The van der Waals surface area contributed by atoms with Crippen molar-refractivity contribution < 1.29 is 19.1 Å². The number of halogens is 2. The van der Waals surface area contributed by atoms with Crippen molar-refractivity contribution in [2.45, 2.75) is 0 Å². The van der Waals surface area contributed by atoms with Gasteiger partial charge in [-0.1, -0.05) is 17.7 Å². The van der Waals surface area contributed by atoms with Crippen molar-refractivity contribution in [3.8, 4) is 0 Å². The lowest BCUT2D eigenvalue weighted by molar-refractivity contribution is 0.0696. The predicted octanol–water partition coefficient (Wildman–Crippen LogP) is 3.22. The summed E-state index contributed by atoms with van der Waals surface area (Å²) in [6, 6.07) is 4.42. The van der Waals surface area contributed by atoms with E-state index in [2.05, 4.69) is 15.6 Å². The molecule has 1 heterocycles. The highest BCUT2D eigenvalue weighted by Crippen LogP contribution is 2.24. The number of carbonyl (C=O) groups is 2. The van der Waals surface area contributed by atoms with Gasteiger partial charge in [-0.15, -0.1) is 0 Å². The summed E-state index contributed by atoms with van der Waals surface area (Å²) in [5.74, 6) is -1.86. The van der Waals surface area contributed by atoms with Crippen molar-refractivity contribution >= 4 is 35.0 Å². The number of anilines is 2. The predicted molar refractivity (Wildman–Crippen MR) is 75.2 cm³/mol. The molecule has 0 fully saturated rings. The van der Waals surface area contributed by atoms with Gasteiger partial charge < -0.3 is 15.7 Å². The Morgan fingerprint density at radius 3 is 2.67 bits per heavy atom. The molecular weight excluding hydrogens is 301 g/mol. The number of carboxylic acids is 1. The molecule has 0 spiro atoms. The zero-order valence-corrected chi connectivity index (χ0v) is 11.2. The third-order valence-electron chi connectivity index (χ3n) is 2.44. The van der Waals surface area contributed by atoms with Gasteiger partial charge >= 0.3 is 12.0 Å². The average molecular weight is 310 g/mol. The summed E-state index contributed by atoms with van der Waals surface area (Å²) in [5.41, 5.74) is -0.101. The number of hydrogen-bond acceptors (Lipinski definition) is 3. The third-order valence-corrected chi connectivity index (χ3v) is 2.76. The molecule has 6 nitrogen and oxygen atoms in total. The van der Waals surface area contributed by atoms with Crippen molar-refractivity contribution in [1.82, 2.24) is 4.98 Å². The lowest BCUT2D eigenvalue weighted by atomic mass is 10.2. The number of amides is 2. The fourth-order valence-corrected chi connectivity index (χ4v) is 1.73. The number of nitrogens with one attached hydrogen (secondary N) is 2. The molecule has 0 aliphatic carbocycles. The zero-order valence-electron chi connectivity index (χ0n) is 10.4. The Morgan fingerprint density at radius 1 is 1.24 bits per heavy atom. The van der Waals surface area contributed by atoms with Crippen molar-refractivity contribution in [1.29, 1.82) is 0 Å². The summed E-state index contributed by atoms with van der Waals surface area (Å²) in [7, 11) is 0. The molecule has 0 aliphatic heterocycles. The van der Waals surface area contributed by atoms with E-state index in [-0.39, 0.29) is 22.0 Å². The second kappa shape index (κ2) is 6.19. The largest absolute Gasteiger partial charge is 0.478 e. The van der Waals surface area contributed by atoms with Crippen LogP contribution in [0.4, 0.5) is 20.6 Å². The first-order valence-corrected chi connectivity index (χ1v) is 6.05. The molecule has 2 amide bonds. The summed E-state index contributed by atoms with van der Waals surface area (Å²) in [5, 5.41) is 13.4. The van der Waals surface area contributed by atoms with Gasteiger partial charge in [0.2, 0.25) is 0 Å². The van der Waals surface area contributed by atoms with Crippen LogP contribution in [-0.4, -0.2) is 22.1 Å². The number of nitrogens with zero attached hydrogens (tertiary/aromatic N) is 1. The summed E-state index contributed by atoms with van der Waals surface area (Å²) in [6.45, 7) is 0. The molecular formula is C13H9ClFN3O3. The molecule has 2 rings (SSSR count). The van der Waals surface area contributed by atoms with Gasteiger partial charge in [0, 0.05) is 6.20 Å². The van der Waals surface area contributed by atoms with E-state index in [1.165, 1.54) is 24.4 Å². The van der Waals surface area contributed by atoms with Crippen LogP contribution in [0.1, 0.15) is 10.4 Å². The van der Waals surface area contributed by atoms with Gasteiger partial charge in [-0.2, -0.15) is 0 Å². The summed E-state index contributed by atoms with van der Waals surface area (Å²) < 4.78 is 13.5. The van der Waals surface area contributed by atoms with Gasteiger partial charge in [-0.05, 0) is 18.2 Å². The molecule has 0 atom stereocenters. The number of aromatic nitrogens is 1. The Bertz CT molecular complexity index is 689. The van der Waals surface area contributed by atoms with Crippen LogP contribution in [0, 0.1) is 5.82 Å². The molecule has 3 N–H and O–H groups in total. The van der Waals surface area contributed by atoms with E-state index < -0.39 is 17.8 Å². The normalized spacial score (nSPS) is 10.0. The van der Waals surface area contributed by atoms with Gasteiger partial charge in [0.15, 0.2) is 0 Å². The monoisotopic (exact) mass is 309 g/mol. The van der Waals surface area contributed by atoms with Gasteiger partial charge in [-0.3, -0.25) is 4.98 Å². The van der Waals surface area contributed by atoms with E-state index in [4.69, 9.17) is 16.7 Å². The first kappa shape index (κ1) is 14.7. The summed E-state index contributed by atoms with van der Waals surface area (Å²) in [4.78, 5) is 26.2. The molecule has 108 valence electrons. The van der Waals surface area contributed by atoms with Crippen molar-refractivity contribution in [2.75, 3.05) is 10.6 Å². The highest BCUT2D eigenvalue weighted by Gasteiger charge is 2.11. The number of carboxylic acid groups (broad SMARTS) is 1. The number of carbonyl (C=O) groups excluding carboxylic acids is 1. The topological polar surface area (TPSA) is 91.3 Å². The van der Waals surface area contributed by atoms with Crippen LogP contribution < -0.4 is 10.6 Å². The third kappa shape index (κ3) is 3.67. The first-order chi connectivity index (χ1) is 9.97. The lowest BCUT2D eigenvalue weighted by Gasteiger charge is -2.09. The molecule has 0 aliphatic rings. The lowest BCUT2D eigenvalue weighted by Crippen LogP contribution is -2.20. The molecule has 0 bridgehead atoms. The first-order valence-electron chi connectivity index (χ1n) is 5.67. The maximum atomic E-state index is 13.5. The fourth-order valence-electron chi connectivity index (χ4n) is 1.52. The number of aromatic carboxylic acids is 1. The Balaban J connectivity index is 2.12. The van der Waals surface area contributed by atoms with Gasteiger partial charge in [0.05, 0.1) is 28.2 Å². The standard InChI is InChI=1S/C13H9ClFN3O3/c14-9-2-1-3-10(15)11(9)18-13(21)17-8-4-7(12(19)20)5-16-6-8/h1-6H,(H,19,20)(H2,17,18,21). The molecule has 1 aromatic carbocycles. The minimum atomic E-state index is -1.18. The average Bonchev–Trinajstić information content (AvgIpc) is 2.43. The number of pyridine rings is 1. The second-order valence-corrected chi connectivity index (χ2v) is 4.35. The number of hydrogen-bond donors (Lipinski definition) is 3. The Hall–Kier alpha value is -2.67. The van der Waals surface area contributed by atoms with Crippen LogP contribution in [-0.2, 0) is 0 Å². The molecule has 2 aromatic rings. The van der Waals surface area contributed by atoms with Crippen LogP contribution >= 0.6 is 11.6 Å². The molecule has 1 aromatic heterocycles. The number of para-hydroxylation sites is 1. The van der Waals surface area contributed by atoms with Crippen LogP contribution in [0.25, 0.3) is 0 Å². The van der Waals surface area contributed by atoms with Crippen molar-refractivity contribution in [3.05, 3.63) is 53.1 Å². The zero-order chi connectivity index (χ0) is 15.4. The smallest absolute Gasteiger partial charge is 0.337 e. The minimum absolute atomic E-state index is 0.0440. The van der Waals surface area contributed by atoms with Gasteiger partial charge in [0.1, 0.15) is 5.82 Å². The number of benzene rings is 1. The Morgan fingerprint density at radius 2 is 2.00 bits per heavy atom. The van der Waals surface area contributed by atoms with E-state index >= 15 is 0 Å². The van der Waals surface area contributed by atoms with E-state index in [1.54, 1.807) is 0 Å². The number of rotatable bonds is 3. The molecule has 0 saturated heterocycles. The quantitative estimate of drug-likeness (QED) is 0.812. The Labute approximate surface area is 123 Å². The van der Waals surface area contributed by atoms with Crippen molar-refractivity contribution in [2.24, 2.45) is 0 Å². The summed E-state index contributed by atoms with van der Waals surface area (Å²) in [6.07, 6.45) is 2.40. The second-order valence-electron chi connectivity index (χ2n) is 3.94. The Kier molecular flexibility index (Phi) is 4.34. The van der Waals surface area contributed by atoms with Crippen LogP contribution in [0.5, 0.6) is 0 Å². The van der Waals surface area contributed by atoms with Crippen LogP contribution in [0.3, 0.4) is 0 Å². The number of urea groups is 1. The molecule has 8 heteroatoms. The highest BCUT2D eigenvalue weighted by atomic mass is 35.5. The fraction of sp³-hybridized carbons (Fsp3) is 0. The van der Waals surface area contributed by atoms with Crippen LogP contribution in [0.2, 0.25) is 5.02 Å². The van der Waals surface area contributed by atoms with E-state index in [9.17, 15) is 14.0 Å². The highest BCUT2D eigenvalue weighted by molar-refractivity contribution is 6.33. The summed E-state index contributed by atoms with van der Waals surface area (Å²) >= 11 is 5.77. The van der Waals surface area contributed by atoms with E-state index in [0.29, 0.717) is 0 Å². The SMILES string of the molecule is O=C(Nc1cncc(C(=O)O)c1)Nc1c(F)cccc1Cl. The van der Waals surface area contributed by atoms with Crippen LogP contribution in [0.15, 0.2) is 36.7 Å². The van der Waals surface area contributed by atoms with Gasteiger partial charge in [0.25, 0.3) is 0 Å². The van der Waals surface area contributed by atoms with E-state index in [0.717, 1.165) is 12.3 Å². The maximum Gasteiger partial charge on any atom is 0.337 e. The molecule has 0 saturated carbocycles. The maximum absolute atomic E-state index is 13.5. The molecule has 0 unspecified atom stereocenters. The minimum Gasteiger partial charge on any atom is -0.478 e. The van der Waals surface area contributed by atoms with Gasteiger partial charge in [-0.25, -0.2) is 14.0 Å².